The van der Waals surface area contributed by atoms with Crippen LogP contribution in [0.4, 0.5) is 0 Å². The van der Waals surface area contributed by atoms with E-state index >= 15 is 0 Å². The van der Waals surface area contributed by atoms with Crippen molar-refractivity contribution in [3.63, 3.8) is 0 Å². The molecule has 0 saturated carbocycles. The first-order valence-electron chi connectivity index (χ1n) is 4.75. The zero-order chi connectivity index (χ0) is 11.0. The highest BCUT2D eigenvalue weighted by molar-refractivity contribution is 7.09. The van der Waals surface area contributed by atoms with E-state index in [2.05, 4.69) is 10.1 Å². The van der Waals surface area contributed by atoms with Crippen molar-refractivity contribution in [2.75, 3.05) is 0 Å². The normalized spacial score (nSPS) is 13.1. The second-order valence-electron chi connectivity index (χ2n) is 3.61. The first kappa shape index (κ1) is 10.3. The van der Waals surface area contributed by atoms with Crippen LogP contribution >= 0.6 is 11.3 Å². The lowest BCUT2D eigenvalue weighted by molar-refractivity contribution is 0.733. The first-order chi connectivity index (χ1) is 7.09. The average molecular weight is 222 g/mol. The zero-order valence-electron chi connectivity index (χ0n) is 9.06. The van der Waals surface area contributed by atoms with Gasteiger partial charge in [-0.05, 0) is 13.8 Å². The van der Waals surface area contributed by atoms with Crippen LogP contribution < -0.4 is 5.73 Å². The molecule has 1 unspecified atom stereocenters. The van der Waals surface area contributed by atoms with Gasteiger partial charge in [-0.25, -0.2) is 4.98 Å². The molecule has 0 amide bonds. The third-order valence-electron chi connectivity index (χ3n) is 2.51. The molecule has 2 heterocycles. The summed E-state index contributed by atoms with van der Waals surface area (Å²) in [6, 6.07) is -0.155. The lowest BCUT2D eigenvalue weighted by Crippen LogP contribution is -2.12. The van der Waals surface area contributed by atoms with Crippen LogP contribution in [0.25, 0.3) is 0 Å². The van der Waals surface area contributed by atoms with Crippen molar-refractivity contribution in [1.82, 2.24) is 14.8 Å². The molecule has 2 N–H and O–H groups in total. The Morgan fingerprint density at radius 1 is 1.47 bits per heavy atom. The minimum Gasteiger partial charge on any atom is -0.318 e. The number of rotatable bonds is 2. The summed E-state index contributed by atoms with van der Waals surface area (Å²) in [5.41, 5.74) is 9.30. The number of thiazole rings is 1. The summed E-state index contributed by atoms with van der Waals surface area (Å²) in [7, 11) is 1.92. The summed E-state index contributed by atoms with van der Waals surface area (Å²) in [4.78, 5) is 4.39. The van der Waals surface area contributed by atoms with E-state index in [0.29, 0.717) is 0 Å². The number of nitrogens with zero attached hydrogens (tertiary/aromatic N) is 3. The quantitative estimate of drug-likeness (QED) is 0.838. The lowest BCUT2D eigenvalue weighted by Gasteiger charge is -2.07. The highest BCUT2D eigenvalue weighted by atomic mass is 32.1. The van der Waals surface area contributed by atoms with E-state index in [1.165, 1.54) is 0 Å². The van der Waals surface area contributed by atoms with Crippen LogP contribution in [0.2, 0.25) is 0 Å². The van der Waals surface area contributed by atoms with Crippen molar-refractivity contribution in [2.45, 2.75) is 19.9 Å². The Kier molecular flexibility index (Phi) is 2.58. The van der Waals surface area contributed by atoms with Gasteiger partial charge in [-0.2, -0.15) is 5.10 Å². The fraction of sp³-hybridized carbons (Fsp3) is 0.400. The van der Waals surface area contributed by atoms with Crippen LogP contribution in [0.5, 0.6) is 0 Å². The third-order valence-corrected chi connectivity index (χ3v) is 3.56. The van der Waals surface area contributed by atoms with Crippen LogP contribution in [0.15, 0.2) is 11.6 Å². The summed E-state index contributed by atoms with van der Waals surface area (Å²) < 4.78 is 1.83. The van der Waals surface area contributed by atoms with Crippen molar-refractivity contribution < 1.29 is 0 Å². The molecule has 2 aromatic rings. The Bertz CT molecular complexity index is 471. The van der Waals surface area contributed by atoms with Crippen LogP contribution in [-0.2, 0) is 7.05 Å². The average Bonchev–Trinajstić information content (AvgIpc) is 2.75. The summed E-state index contributed by atoms with van der Waals surface area (Å²) in [6.45, 7) is 3.99. The number of aryl methyl sites for hydroxylation is 2. The summed E-state index contributed by atoms with van der Waals surface area (Å²) in [6.07, 6.45) is 1.82. The highest BCUT2D eigenvalue weighted by Gasteiger charge is 2.17. The molecular weight excluding hydrogens is 208 g/mol. The van der Waals surface area contributed by atoms with E-state index in [9.17, 15) is 0 Å². The highest BCUT2D eigenvalue weighted by Crippen LogP contribution is 2.24. The monoisotopic (exact) mass is 222 g/mol. The second kappa shape index (κ2) is 3.75. The fourth-order valence-electron chi connectivity index (χ4n) is 1.47. The largest absolute Gasteiger partial charge is 0.318 e. The minimum atomic E-state index is -0.155. The van der Waals surface area contributed by atoms with Crippen LogP contribution in [0.1, 0.15) is 28.0 Å². The van der Waals surface area contributed by atoms with Gasteiger partial charge in [0.1, 0.15) is 5.01 Å². The number of hydrogen-bond acceptors (Lipinski definition) is 4. The maximum atomic E-state index is 6.14. The maximum Gasteiger partial charge on any atom is 0.114 e. The molecule has 1 atom stereocenters. The van der Waals surface area contributed by atoms with E-state index in [-0.39, 0.29) is 6.04 Å². The molecule has 0 radical (unpaired) electrons. The van der Waals surface area contributed by atoms with Crippen LogP contribution in [0.3, 0.4) is 0 Å². The molecule has 15 heavy (non-hydrogen) atoms. The Balaban J connectivity index is 2.36. The lowest BCUT2D eigenvalue weighted by atomic mass is 10.1. The molecule has 0 aliphatic carbocycles. The predicted octanol–water partition coefficient (Wildman–Crippen LogP) is 1.54. The van der Waals surface area contributed by atoms with Gasteiger partial charge in [-0.3, -0.25) is 4.68 Å². The van der Waals surface area contributed by atoms with E-state index in [4.69, 9.17) is 5.73 Å². The molecule has 0 spiro atoms. The fourth-order valence-corrected chi connectivity index (χ4v) is 2.28. The molecular formula is C10H14N4S. The second-order valence-corrected chi connectivity index (χ2v) is 4.50. The number of nitrogens with two attached hydrogens (primary N) is 1. The molecule has 2 aromatic heterocycles. The van der Waals surface area contributed by atoms with E-state index < -0.39 is 0 Å². The van der Waals surface area contributed by atoms with Crippen molar-refractivity contribution in [2.24, 2.45) is 12.8 Å². The Hall–Kier alpha value is -1.20. The maximum absolute atomic E-state index is 6.14. The topological polar surface area (TPSA) is 56.7 Å². The molecule has 0 aromatic carbocycles. The van der Waals surface area contributed by atoms with Gasteiger partial charge >= 0.3 is 0 Å². The van der Waals surface area contributed by atoms with Gasteiger partial charge in [-0.1, -0.05) is 0 Å². The van der Waals surface area contributed by atoms with E-state index in [0.717, 1.165) is 22.0 Å². The first-order valence-corrected chi connectivity index (χ1v) is 5.63. The molecule has 80 valence electrons. The molecule has 0 bridgehead atoms. The molecule has 0 saturated heterocycles. The molecule has 5 heteroatoms. The smallest absolute Gasteiger partial charge is 0.114 e. The van der Waals surface area contributed by atoms with Gasteiger partial charge < -0.3 is 5.73 Å². The van der Waals surface area contributed by atoms with Gasteiger partial charge in [0.05, 0.1) is 12.2 Å². The minimum absolute atomic E-state index is 0.155. The summed E-state index contributed by atoms with van der Waals surface area (Å²) in [5, 5.41) is 7.15. The van der Waals surface area contributed by atoms with Gasteiger partial charge in [0.15, 0.2) is 0 Å². The standard InChI is InChI=1S/C10H14N4S/c1-6-5-15-10(13-6)9(11)8-4-12-14(3)7(8)2/h4-5,9H,11H2,1-3H3. The SMILES string of the molecule is Cc1csc(C(N)c2cnn(C)c2C)n1. The van der Waals surface area contributed by atoms with Crippen molar-refractivity contribution >= 4 is 11.3 Å². The molecule has 0 aliphatic rings. The van der Waals surface area contributed by atoms with Crippen molar-refractivity contribution in [1.29, 1.82) is 0 Å². The Morgan fingerprint density at radius 3 is 2.67 bits per heavy atom. The van der Waals surface area contributed by atoms with Gasteiger partial charge in [-0.15, -0.1) is 11.3 Å². The van der Waals surface area contributed by atoms with E-state index in [1.54, 1.807) is 11.3 Å². The van der Waals surface area contributed by atoms with Gasteiger partial charge in [0.2, 0.25) is 0 Å². The summed E-state index contributed by atoms with van der Waals surface area (Å²) in [5.74, 6) is 0. The molecule has 0 fully saturated rings. The van der Waals surface area contributed by atoms with E-state index in [1.807, 2.05) is 37.2 Å². The Labute approximate surface area is 92.8 Å². The summed E-state index contributed by atoms with van der Waals surface area (Å²) >= 11 is 1.60. The van der Waals surface area contributed by atoms with Crippen LogP contribution in [-0.4, -0.2) is 14.8 Å². The van der Waals surface area contributed by atoms with Gasteiger partial charge in [0, 0.05) is 29.4 Å². The molecule has 0 aliphatic heterocycles. The molecule has 4 nitrogen and oxygen atoms in total. The predicted molar refractivity (Wildman–Crippen MR) is 60.8 cm³/mol. The van der Waals surface area contributed by atoms with Crippen LogP contribution in [0, 0.1) is 13.8 Å². The Morgan fingerprint density at radius 2 is 2.20 bits per heavy atom. The van der Waals surface area contributed by atoms with Gasteiger partial charge in [0.25, 0.3) is 0 Å². The van der Waals surface area contributed by atoms with Crippen molar-refractivity contribution in [3.8, 4) is 0 Å². The zero-order valence-corrected chi connectivity index (χ0v) is 9.88. The number of aromatic nitrogens is 3. The van der Waals surface area contributed by atoms with Crippen molar-refractivity contribution in [3.05, 3.63) is 33.5 Å². The third kappa shape index (κ3) is 1.80. The molecule has 2 rings (SSSR count). The number of hydrogen-bond donors (Lipinski definition) is 1.